The fourth-order valence-corrected chi connectivity index (χ4v) is 1.78. The molecule has 0 saturated heterocycles. The Hall–Kier alpha value is -1.50. The zero-order valence-corrected chi connectivity index (χ0v) is 7.27. The number of nitrogens with one attached hydrogen (secondary N) is 2. The highest BCUT2D eigenvalue weighted by Crippen LogP contribution is 2.25. The zero-order chi connectivity index (χ0) is 9.42. The zero-order valence-electron chi connectivity index (χ0n) is 6.46. The predicted octanol–water partition coefficient (Wildman–Crippen LogP) is -0.604. The van der Waals surface area contributed by atoms with E-state index in [0.29, 0.717) is 5.03 Å². The Kier molecular flexibility index (Phi) is 1.73. The lowest BCUT2D eigenvalue weighted by Crippen LogP contribution is -2.27. The summed E-state index contributed by atoms with van der Waals surface area (Å²) in [5.74, 6) is 0.130. The molecule has 0 atom stereocenters. The third kappa shape index (κ3) is 1.37. The number of H-pyrrole nitrogens is 1. The van der Waals surface area contributed by atoms with Crippen molar-refractivity contribution in [1.82, 2.24) is 9.97 Å². The van der Waals surface area contributed by atoms with Gasteiger partial charge in [-0.3, -0.25) is 14.6 Å². The standard InChI is InChI=1S/C6H6N4O2S/c7-6-9-4(12)3-5(10-6)13-1-2(11)8-3/h1H2,(H,8,11)(H3,7,9,10,12). The lowest BCUT2D eigenvalue weighted by atomic mass is 10.5. The molecule has 7 heteroatoms. The lowest BCUT2D eigenvalue weighted by molar-refractivity contribution is -0.113. The Labute approximate surface area is 76.9 Å². The van der Waals surface area contributed by atoms with Crippen molar-refractivity contribution in [3.8, 4) is 0 Å². The molecule has 0 aromatic carbocycles. The van der Waals surface area contributed by atoms with E-state index in [4.69, 9.17) is 5.73 Å². The smallest absolute Gasteiger partial charge is 0.277 e. The Morgan fingerprint density at radius 2 is 2.23 bits per heavy atom. The molecule has 0 bridgehead atoms. The summed E-state index contributed by atoms with van der Waals surface area (Å²) in [5.41, 5.74) is 5.10. The van der Waals surface area contributed by atoms with Crippen LogP contribution in [0.2, 0.25) is 0 Å². The van der Waals surface area contributed by atoms with E-state index in [1.807, 2.05) is 0 Å². The molecule has 2 rings (SSSR count). The molecule has 0 unspecified atom stereocenters. The van der Waals surface area contributed by atoms with Gasteiger partial charge in [-0.05, 0) is 0 Å². The van der Waals surface area contributed by atoms with Crippen LogP contribution in [0.1, 0.15) is 0 Å². The maximum atomic E-state index is 11.2. The second-order valence-corrected chi connectivity index (χ2v) is 3.43. The van der Waals surface area contributed by atoms with Gasteiger partial charge in [-0.1, -0.05) is 11.8 Å². The molecule has 1 aliphatic rings. The number of nitrogens with two attached hydrogens (primary N) is 1. The van der Waals surface area contributed by atoms with Crippen molar-refractivity contribution in [1.29, 1.82) is 0 Å². The average molecular weight is 198 g/mol. The molecule has 1 aromatic heterocycles. The van der Waals surface area contributed by atoms with E-state index in [0.717, 1.165) is 0 Å². The maximum absolute atomic E-state index is 11.2. The number of rotatable bonds is 0. The Morgan fingerprint density at radius 1 is 1.46 bits per heavy atom. The summed E-state index contributed by atoms with van der Waals surface area (Å²) in [5, 5.41) is 2.91. The summed E-state index contributed by atoms with van der Waals surface area (Å²) in [6.45, 7) is 0. The van der Waals surface area contributed by atoms with Gasteiger partial charge in [-0.2, -0.15) is 0 Å². The molecular formula is C6H6N4O2S. The number of amides is 1. The van der Waals surface area contributed by atoms with Gasteiger partial charge in [0.2, 0.25) is 11.9 Å². The maximum Gasteiger partial charge on any atom is 0.277 e. The molecule has 68 valence electrons. The number of thioether (sulfide) groups is 1. The highest BCUT2D eigenvalue weighted by atomic mass is 32.2. The average Bonchev–Trinajstić information content (AvgIpc) is 2.06. The van der Waals surface area contributed by atoms with E-state index in [1.165, 1.54) is 11.8 Å². The highest BCUT2D eigenvalue weighted by molar-refractivity contribution is 8.00. The van der Waals surface area contributed by atoms with E-state index in [1.54, 1.807) is 0 Å². The predicted molar refractivity (Wildman–Crippen MR) is 48.6 cm³/mol. The van der Waals surface area contributed by atoms with Crippen LogP contribution in [0, 0.1) is 0 Å². The number of nitrogen functional groups attached to an aromatic ring is 1. The monoisotopic (exact) mass is 198 g/mol. The molecule has 0 spiro atoms. The highest BCUT2D eigenvalue weighted by Gasteiger charge is 2.19. The number of fused-ring (bicyclic) bond motifs is 1. The van der Waals surface area contributed by atoms with Crippen LogP contribution in [0.3, 0.4) is 0 Å². The number of hydrogen-bond acceptors (Lipinski definition) is 5. The number of carbonyl (C=O) groups is 1. The summed E-state index contributed by atoms with van der Waals surface area (Å²) in [7, 11) is 0. The molecule has 4 N–H and O–H groups in total. The third-order valence-electron chi connectivity index (χ3n) is 1.51. The minimum absolute atomic E-state index is 0.0624. The summed E-state index contributed by atoms with van der Waals surface area (Å²) < 4.78 is 0. The Morgan fingerprint density at radius 3 is 3.00 bits per heavy atom. The molecule has 0 fully saturated rings. The van der Waals surface area contributed by atoms with Crippen molar-refractivity contribution in [2.24, 2.45) is 0 Å². The SMILES string of the molecule is Nc1nc2c(c(=O)[nH]1)NC(=O)CS2. The molecule has 6 nitrogen and oxygen atoms in total. The van der Waals surface area contributed by atoms with Gasteiger partial charge in [0.25, 0.3) is 5.56 Å². The van der Waals surface area contributed by atoms with Crippen molar-refractivity contribution < 1.29 is 4.79 Å². The van der Waals surface area contributed by atoms with Crippen LogP contribution >= 0.6 is 11.8 Å². The van der Waals surface area contributed by atoms with E-state index in [2.05, 4.69) is 15.3 Å². The largest absolute Gasteiger partial charge is 0.369 e. The first-order valence-electron chi connectivity index (χ1n) is 3.49. The van der Waals surface area contributed by atoms with Crippen molar-refractivity contribution in [2.75, 3.05) is 16.8 Å². The number of anilines is 2. The molecule has 0 aliphatic carbocycles. The number of aromatic nitrogens is 2. The van der Waals surface area contributed by atoms with Gasteiger partial charge in [-0.25, -0.2) is 4.98 Å². The lowest BCUT2D eigenvalue weighted by Gasteiger charge is -2.13. The van der Waals surface area contributed by atoms with Gasteiger partial charge in [0.1, 0.15) is 10.7 Å². The molecule has 1 aliphatic heterocycles. The summed E-state index contributed by atoms with van der Waals surface area (Å²) in [4.78, 5) is 28.3. The fraction of sp³-hybridized carbons (Fsp3) is 0.167. The van der Waals surface area contributed by atoms with Crippen LogP contribution in [0.15, 0.2) is 9.82 Å². The summed E-state index contributed by atoms with van der Waals surface area (Å²) in [6, 6.07) is 0. The number of carbonyl (C=O) groups excluding carboxylic acids is 1. The van der Waals surface area contributed by atoms with Gasteiger partial charge >= 0.3 is 0 Å². The van der Waals surface area contributed by atoms with Crippen molar-refractivity contribution in [3.63, 3.8) is 0 Å². The second kappa shape index (κ2) is 2.77. The van der Waals surface area contributed by atoms with Gasteiger partial charge in [0.05, 0.1) is 5.75 Å². The van der Waals surface area contributed by atoms with Crippen LogP contribution < -0.4 is 16.6 Å². The molecular weight excluding hydrogens is 192 g/mol. The second-order valence-electron chi connectivity index (χ2n) is 2.47. The van der Waals surface area contributed by atoms with Crippen LogP contribution in [-0.2, 0) is 4.79 Å². The first kappa shape index (κ1) is 8.11. The van der Waals surface area contributed by atoms with Crippen molar-refractivity contribution in [3.05, 3.63) is 10.4 Å². The van der Waals surface area contributed by atoms with Crippen LogP contribution in [0.25, 0.3) is 0 Å². The van der Waals surface area contributed by atoms with E-state index < -0.39 is 5.56 Å². The fourth-order valence-electron chi connectivity index (χ4n) is 0.993. The minimum Gasteiger partial charge on any atom is -0.369 e. The Balaban J connectivity index is 2.59. The van der Waals surface area contributed by atoms with Crippen molar-refractivity contribution >= 4 is 29.3 Å². The minimum atomic E-state index is -0.414. The number of hydrogen-bond donors (Lipinski definition) is 3. The Bertz CT molecular complexity index is 427. The van der Waals surface area contributed by atoms with Gasteiger partial charge in [-0.15, -0.1) is 0 Å². The molecule has 2 heterocycles. The molecule has 13 heavy (non-hydrogen) atoms. The topological polar surface area (TPSA) is 101 Å². The number of nitrogens with zero attached hydrogens (tertiary/aromatic N) is 1. The van der Waals surface area contributed by atoms with E-state index in [-0.39, 0.29) is 23.3 Å². The summed E-state index contributed by atoms with van der Waals surface area (Å²) >= 11 is 1.20. The van der Waals surface area contributed by atoms with Gasteiger partial charge in [0.15, 0.2) is 0 Å². The summed E-state index contributed by atoms with van der Waals surface area (Å²) in [6.07, 6.45) is 0. The van der Waals surface area contributed by atoms with Crippen LogP contribution in [0.5, 0.6) is 0 Å². The van der Waals surface area contributed by atoms with Crippen LogP contribution in [0.4, 0.5) is 11.6 Å². The van der Waals surface area contributed by atoms with E-state index >= 15 is 0 Å². The van der Waals surface area contributed by atoms with Crippen LogP contribution in [-0.4, -0.2) is 21.6 Å². The number of aromatic amines is 1. The first-order valence-corrected chi connectivity index (χ1v) is 4.48. The normalized spacial score (nSPS) is 14.9. The molecule has 0 saturated carbocycles. The quantitative estimate of drug-likeness (QED) is 0.483. The van der Waals surface area contributed by atoms with E-state index in [9.17, 15) is 9.59 Å². The molecule has 1 amide bonds. The van der Waals surface area contributed by atoms with Gasteiger partial charge in [0, 0.05) is 0 Å². The first-order chi connectivity index (χ1) is 6.16. The third-order valence-corrected chi connectivity index (χ3v) is 2.48. The van der Waals surface area contributed by atoms with Gasteiger partial charge < -0.3 is 11.1 Å². The molecule has 1 aromatic rings. The van der Waals surface area contributed by atoms with Crippen molar-refractivity contribution in [2.45, 2.75) is 5.03 Å². The molecule has 0 radical (unpaired) electrons.